The zero-order valence-corrected chi connectivity index (χ0v) is 5.81. The monoisotopic (exact) mass is 139 g/mol. The number of nitrogens with one attached hydrogen (secondary N) is 1. The van der Waals surface area contributed by atoms with Gasteiger partial charge in [0.1, 0.15) is 0 Å². The number of rotatable bonds is 1. The molecule has 1 aliphatic rings. The average molecular weight is 139 g/mol. The molecule has 10 heavy (non-hydrogen) atoms. The van der Waals surface area contributed by atoms with Gasteiger partial charge in [0.15, 0.2) is 0 Å². The van der Waals surface area contributed by atoms with Gasteiger partial charge in [-0.1, -0.05) is 12.2 Å². The number of carbonyl (C=O) groups is 2. The molecule has 0 aromatic heterocycles. The predicted molar refractivity (Wildman–Crippen MR) is 36.1 cm³/mol. The van der Waals surface area contributed by atoms with E-state index in [4.69, 9.17) is 0 Å². The molecular weight excluding hydrogens is 130 g/mol. The van der Waals surface area contributed by atoms with E-state index in [0.717, 1.165) is 5.57 Å². The molecule has 0 aromatic rings. The molecule has 2 amide bonds. The van der Waals surface area contributed by atoms with Crippen LogP contribution in [-0.4, -0.2) is 11.8 Å². The number of hydrogen-bond acceptors (Lipinski definition) is 2. The van der Waals surface area contributed by atoms with Gasteiger partial charge in [0.05, 0.1) is 5.92 Å². The van der Waals surface area contributed by atoms with Crippen molar-refractivity contribution in [3.05, 3.63) is 12.2 Å². The molecule has 1 unspecified atom stereocenters. The highest BCUT2D eigenvalue weighted by molar-refractivity contribution is 6.04. The summed E-state index contributed by atoms with van der Waals surface area (Å²) in [6.07, 6.45) is 0.272. The molecule has 0 aliphatic carbocycles. The summed E-state index contributed by atoms with van der Waals surface area (Å²) in [5.41, 5.74) is 0.753. The molecule has 1 saturated heterocycles. The van der Waals surface area contributed by atoms with E-state index in [9.17, 15) is 9.59 Å². The molecule has 0 saturated carbocycles. The predicted octanol–water partition coefficient (Wildman–Crippen LogP) is 0.225. The van der Waals surface area contributed by atoms with Crippen molar-refractivity contribution in [3.8, 4) is 0 Å². The maximum Gasteiger partial charge on any atom is 0.234 e. The van der Waals surface area contributed by atoms with Gasteiger partial charge in [-0.2, -0.15) is 0 Å². The lowest BCUT2D eigenvalue weighted by molar-refractivity contribution is -0.125. The maximum atomic E-state index is 10.8. The van der Waals surface area contributed by atoms with Crippen LogP contribution in [0.25, 0.3) is 0 Å². The second-order valence-corrected chi connectivity index (χ2v) is 2.52. The topological polar surface area (TPSA) is 46.2 Å². The Labute approximate surface area is 59.1 Å². The number of amides is 2. The summed E-state index contributed by atoms with van der Waals surface area (Å²) in [5.74, 6) is -0.692. The van der Waals surface area contributed by atoms with Crippen LogP contribution in [0.1, 0.15) is 13.3 Å². The first kappa shape index (κ1) is 6.99. The van der Waals surface area contributed by atoms with Crippen LogP contribution in [0.5, 0.6) is 0 Å². The molecule has 0 aromatic carbocycles. The van der Waals surface area contributed by atoms with Crippen molar-refractivity contribution in [2.24, 2.45) is 5.92 Å². The minimum atomic E-state index is -0.285. The standard InChI is InChI=1S/C7H9NO2/c1-4(2)5-3-6(9)8-7(5)10/h5H,1,3H2,2H3,(H,8,9,10). The maximum absolute atomic E-state index is 10.8. The van der Waals surface area contributed by atoms with E-state index in [2.05, 4.69) is 11.9 Å². The van der Waals surface area contributed by atoms with Crippen LogP contribution in [0, 0.1) is 5.92 Å². The number of imide groups is 1. The van der Waals surface area contributed by atoms with Crippen molar-refractivity contribution < 1.29 is 9.59 Å². The van der Waals surface area contributed by atoms with Gasteiger partial charge < -0.3 is 0 Å². The molecule has 1 atom stereocenters. The lowest BCUT2D eigenvalue weighted by Gasteiger charge is -2.01. The highest BCUT2D eigenvalue weighted by atomic mass is 16.2. The molecule has 3 nitrogen and oxygen atoms in total. The summed E-state index contributed by atoms with van der Waals surface area (Å²) in [7, 11) is 0. The molecule has 54 valence electrons. The zero-order valence-electron chi connectivity index (χ0n) is 5.81. The first-order valence-corrected chi connectivity index (χ1v) is 3.10. The molecule has 1 rings (SSSR count). The van der Waals surface area contributed by atoms with Gasteiger partial charge in [-0.15, -0.1) is 0 Å². The van der Waals surface area contributed by atoms with Crippen LogP contribution in [0.2, 0.25) is 0 Å². The summed E-state index contributed by atoms with van der Waals surface area (Å²) in [5, 5.41) is 2.21. The van der Waals surface area contributed by atoms with Gasteiger partial charge in [-0.3, -0.25) is 14.9 Å². The van der Waals surface area contributed by atoms with E-state index < -0.39 is 0 Å². The quantitative estimate of drug-likeness (QED) is 0.417. The Morgan fingerprint density at radius 1 is 1.70 bits per heavy atom. The first-order valence-electron chi connectivity index (χ1n) is 3.10. The van der Waals surface area contributed by atoms with Crippen LogP contribution < -0.4 is 5.32 Å². The highest BCUT2D eigenvalue weighted by Gasteiger charge is 2.30. The fourth-order valence-electron chi connectivity index (χ4n) is 0.952. The van der Waals surface area contributed by atoms with Gasteiger partial charge in [0.2, 0.25) is 11.8 Å². The van der Waals surface area contributed by atoms with E-state index in [1.54, 1.807) is 6.92 Å². The molecular formula is C7H9NO2. The van der Waals surface area contributed by atoms with Crippen molar-refractivity contribution in [3.63, 3.8) is 0 Å². The molecule has 0 spiro atoms. The lowest BCUT2D eigenvalue weighted by atomic mass is 10.0. The minimum absolute atomic E-state index is 0.196. The molecule has 1 N–H and O–H groups in total. The normalized spacial score (nSPS) is 24.7. The van der Waals surface area contributed by atoms with Gasteiger partial charge in [-0.25, -0.2) is 0 Å². The van der Waals surface area contributed by atoms with Crippen molar-refractivity contribution in [1.29, 1.82) is 0 Å². The molecule has 1 aliphatic heterocycles. The Hall–Kier alpha value is -1.12. The third kappa shape index (κ3) is 1.07. The van der Waals surface area contributed by atoms with E-state index in [1.807, 2.05) is 0 Å². The Balaban J connectivity index is 2.72. The summed E-state index contributed by atoms with van der Waals surface area (Å²) in [6.45, 7) is 5.36. The second kappa shape index (κ2) is 2.25. The van der Waals surface area contributed by atoms with E-state index in [-0.39, 0.29) is 24.2 Å². The van der Waals surface area contributed by atoms with E-state index in [0.29, 0.717) is 0 Å². The largest absolute Gasteiger partial charge is 0.296 e. The summed E-state index contributed by atoms with van der Waals surface area (Å²) in [6, 6.07) is 0. The van der Waals surface area contributed by atoms with Crippen molar-refractivity contribution >= 4 is 11.8 Å². The fourth-order valence-corrected chi connectivity index (χ4v) is 0.952. The summed E-state index contributed by atoms with van der Waals surface area (Å²) >= 11 is 0. The first-order chi connectivity index (χ1) is 4.61. The summed E-state index contributed by atoms with van der Waals surface area (Å²) in [4.78, 5) is 21.4. The van der Waals surface area contributed by atoms with Crippen LogP contribution >= 0.6 is 0 Å². The number of hydrogen-bond donors (Lipinski definition) is 1. The molecule has 0 radical (unpaired) electrons. The molecule has 3 heteroatoms. The zero-order chi connectivity index (χ0) is 7.72. The molecule has 1 heterocycles. The third-order valence-corrected chi connectivity index (χ3v) is 1.56. The van der Waals surface area contributed by atoms with Gasteiger partial charge in [0, 0.05) is 6.42 Å². The Bertz CT molecular complexity index is 208. The lowest BCUT2D eigenvalue weighted by Crippen LogP contribution is -2.22. The Morgan fingerprint density at radius 3 is 2.50 bits per heavy atom. The smallest absolute Gasteiger partial charge is 0.234 e. The minimum Gasteiger partial charge on any atom is -0.296 e. The fraction of sp³-hybridized carbons (Fsp3) is 0.429. The molecule has 0 bridgehead atoms. The van der Waals surface area contributed by atoms with Crippen molar-refractivity contribution in [2.45, 2.75) is 13.3 Å². The third-order valence-electron chi connectivity index (χ3n) is 1.56. The highest BCUT2D eigenvalue weighted by Crippen LogP contribution is 2.17. The van der Waals surface area contributed by atoms with Gasteiger partial charge >= 0.3 is 0 Å². The second-order valence-electron chi connectivity index (χ2n) is 2.52. The average Bonchev–Trinajstić information content (AvgIpc) is 2.10. The van der Waals surface area contributed by atoms with Crippen molar-refractivity contribution in [2.75, 3.05) is 0 Å². The van der Waals surface area contributed by atoms with Crippen molar-refractivity contribution in [1.82, 2.24) is 5.32 Å². The molecule has 1 fully saturated rings. The van der Waals surface area contributed by atoms with Crippen LogP contribution in [-0.2, 0) is 9.59 Å². The van der Waals surface area contributed by atoms with Gasteiger partial charge in [0.25, 0.3) is 0 Å². The SMILES string of the molecule is C=C(C)C1CC(=O)NC1=O. The Morgan fingerprint density at radius 2 is 2.30 bits per heavy atom. The van der Waals surface area contributed by atoms with Crippen LogP contribution in [0.15, 0.2) is 12.2 Å². The van der Waals surface area contributed by atoms with Gasteiger partial charge in [-0.05, 0) is 6.92 Å². The van der Waals surface area contributed by atoms with E-state index in [1.165, 1.54) is 0 Å². The van der Waals surface area contributed by atoms with Crippen LogP contribution in [0.4, 0.5) is 0 Å². The Kier molecular flexibility index (Phi) is 1.57. The summed E-state index contributed by atoms with van der Waals surface area (Å²) < 4.78 is 0. The number of carbonyl (C=O) groups excluding carboxylic acids is 2. The van der Waals surface area contributed by atoms with Crippen LogP contribution in [0.3, 0.4) is 0 Å². The van der Waals surface area contributed by atoms with E-state index >= 15 is 0 Å².